The summed E-state index contributed by atoms with van der Waals surface area (Å²) in [5.41, 5.74) is 0.0536. The quantitative estimate of drug-likeness (QED) is 0.665. The molecule has 82 valence electrons. The van der Waals surface area contributed by atoms with E-state index in [0.717, 1.165) is 6.42 Å². The zero-order valence-electron chi connectivity index (χ0n) is 9.55. The van der Waals surface area contributed by atoms with Gasteiger partial charge < -0.3 is 5.11 Å². The zero-order valence-corrected chi connectivity index (χ0v) is 9.55. The molecule has 0 aromatic carbocycles. The second kappa shape index (κ2) is 4.33. The molecule has 0 aromatic rings. The first-order chi connectivity index (χ1) is 6.51. The van der Waals surface area contributed by atoms with Gasteiger partial charge in [-0.15, -0.1) is 0 Å². The number of carboxylic acid groups (broad SMARTS) is 1. The molecule has 1 saturated carbocycles. The molecule has 1 N–H and O–H groups in total. The van der Waals surface area contributed by atoms with E-state index >= 15 is 0 Å². The highest BCUT2D eigenvalue weighted by Crippen LogP contribution is 2.60. The standard InChI is InChI=1S/C12H22O2/c1-4-5-6-7-8-9-10(11(13)14)12(9,2)3/h9-10H,4-8H2,1-3H3,(H,13,14). The van der Waals surface area contributed by atoms with E-state index in [9.17, 15) is 4.79 Å². The lowest BCUT2D eigenvalue weighted by Gasteiger charge is -2.01. The molecule has 1 rings (SSSR count). The Morgan fingerprint density at radius 2 is 1.93 bits per heavy atom. The Kier molecular flexibility index (Phi) is 3.57. The molecule has 0 radical (unpaired) electrons. The molecule has 0 aromatic heterocycles. The van der Waals surface area contributed by atoms with Gasteiger partial charge >= 0.3 is 5.97 Å². The molecule has 14 heavy (non-hydrogen) atoms. The van der Waals surface area contributed by atoms with Crippen LogP contribution in [0.2, 0.25) is 0 Å². The van der Waals surface area contributed by atoms with Gasteiger partial charge in [-0.05, 0) is 17.8 Å². The smallest absolute Gasteiger partial charge is 0.307 e. The van der Waals surface area contributed by atoms with Crippen LogP contribution in [0.5, 0.6) is 0 Å². The lowest BCUT2D eigenvalue weighted by molar-refractivity contribution is -0.139. The Morgan fingerprint density at radius 1 is 1.29 bits per heavy atom. The average Bonchev–Trinajstić information content (AvgIpc) is 2.62. The molecular weight excluding hydrogens is 176 g/mol. The van der Waals surface area contributed by atoms with Crippen LogP contribution in [-0.2, 0) is 4.79 Å². The van der Waals surface area contributed by atoms with Crippen molar-refractivity contribution in [2.45, 2.75) is 52.9 Å². The van der Waals surface area contributed by atoms with Crippen molar-refractivity contribution in [3.63, 3.8) is 0 Å². The number of unbranched alkanes of at least 4 members (excludes halogenated alkanes) is 3. The van der Waals surface area contributed by atoms with Gasteiger partial charge in [-0.3, -0.25) is 4.79 Å². The van der Waals surface area contributed by atoms with E-state index in [1.165, 1.54) is 25.7 Å². The van der Waals surface area contributed by atoms with Crippen molar-refractivity contribution in [3.8, 4) is 0 Å². The molecule has 0 saturated heterocycles. The highest BCUT2D eigenvalue weighted by molar-refractivity contribution is 5.75. The van der Waals surface area contributed by atoms with Crippen molar-refractivity contribution in [2.75, 3.05) is 0 Å². The summed E-state index contributed by atoms with van der Waals surface area (Å²) in [7, 11) is 0. The van der Waals surface area contributed by atoms with Crippen molar-refractivity contribution in [1.82, 2.24) is 0 Å². The number of carboxylic acids is 1. The number of aliphatic carboxylic acids is 1. The summed E-state index contributed by atoms with van der Waals surface area (Å²) in [6.07, 6.45) is 6.09. The van der Waals surface area contributed by atoms with Gasteiger partial charge in [-0.1, -0.05) is 46.5 Å². The minimum absolute atomic E-state index is 0.0536. The first-order valence-electron chi connectivity index (χ1n) is 5.74. The van der Waals surface area contributed by atoms with Crippen LogP contribution in [0, 0.1) is 17.3 Å². The van der Waals surface area contributed by atoms with E-state index < -0.39 is 5.97 Å². The lowest BCUT2D eigenvalue weighted by Crippen LogP contribution is -2.03. The van der Waals surface area contributed by atoms with Crippen LogP contribution in [0.15, 0.2) is 0 Å². The molecular formula is C12H22O2. The molecule has 0 spiro atoms. The highest BCUT2D eigenvalue weighted by atomic mass is 16.4. The summed E-state index contributed by atoms with van der Waals surface area (Å²) in [5.74, 6) is -0.253. The minimum atomic E-state index is -0.601. The van der Waals surface area contributed by atoms with Crippen LogP contribution in [0.25, 0.3) is 0 Å². The van der Waals surface area contributed by atoms with Crippen LogP contribution in [0.3, 0.4) is 0 Å². The van der Waals surface area contributed by atoms with Gasteiger partial charge in [0.15, 0.2) is 0 Å². The van der Waals surface area contributed by atoms with E-state index in [0.29, 0.717) is 5.92 Å². The third-order valence-corrected chi connectivity index (χ3v) is 3.69. The van der Waals surface area contributed by atoms with Crippen molar-refractivity contribution in [1.29, 1.82) is 0 Å². The Labute approximate surface area is 86.7 Å². The predicted octanol–water partition coefficient (Wildman–Crippen LogP) is 3.31. The number of rotatable bonds is 6. The maximum Gasteiger partial charge on any atom is 0.307 e. The summed E-state index contributed by atoms with van der Waals surface area (Å²) in [6, 6.07) is 0. The fourth-order valence-corrected chi connectivity index (χ4v) is 2.56. The summed E-state index contributed by atoms with van der Waals surface area (Å²) >= 11 is 0. The summed E-state index contributed by atoms with van der Waals surface area (Å²) in [4.78, 5) is 10.9. The van der Waals surface area contributed by atoms with Crippen LogP contribution >= 0.6 is 0 Å². The third-order valence-electron chi connectivity index (χ3n) is 3.69. The first kappa shape index (κ1) is 11.5. The third kappa shape index (κ3) is 2.28. The molecule has 0 heterocycles. The molecule has 1 aliphatic rings. The summed E-state index contributed by atoms with van der Waals surface area (Å²) < 4.78 is 0. The second-order valence-electron chi connectivity index (χ2n) is 5.09. The number of hydrogen-bond donors (Lipinski definition) is 1. The molecule has 2 nitrogen and oxygen atoms in total. The summed E-state index contributed by atoms with van der Waals surface area (Å²) in [5, 5.41) is 8.96. The van der Waals surface area contributed by atoms with Crippen LogP contribution in [0.4, 0.5) is 0 Å². The zero-order chi connectivity index (χ0) is 10.8. The topological polar surface area (TPSA) is 37.3 Å². The Hall–Kier alpha value is -0.530. The van der Waals surface area contributed by atoms with Crippen LogP contribution < -0.4 is 0 Å². The van der Waals surface area contributed by atoms with Crippen molar-refractivity contribution < 1.29 is 9.90 Å². The molecule has 2 atom stereocenters. The van der Waals surface area contributed by atoms with Crippen molar-refractivity contribution in [3.05, 3.63) is 0 Å². The Morgan fingerprint density at radius 3 is 2.36 bits per heavy atom. The van der Waals surface area contributed by atoms with E-state index in [2.05, 4.69) is 20.8 Å². The van der Waals surface area contributed by atoms with Crippen LogP contribution in [-0.4, -0.2) is 11.1 Å². The first-order valence-corrected chi connectivity index (χ1v) is 5.74. The molecule has 0 aliphatic heterocycles. The fourth-order valence-electron chi connectivity index (χ4n) is 2.56. The van der Waals surface area contributed by atoms with E-state index in [4.69, 9.17) is 5.11 Å². The number of hydrogen-bond acceptors (Lipinski definition) is 1. The molecule has 1 fully saturated rings. The maximum atomic E-state index is 10.9. The average molecular weight is 198 g/mol. The molecule has 2 heteroatoms. The minimum Gasteiger partial charge on any atom is -0.481 e. The lowest BCUT2D eigenvalue weighted by atomic mass is 10.0. The monoisotopic (exact) mass is 198 g/mol. The van der Waals surface area contributed by atoms with E-state index in [1.807, 2.05) is 0 Å². The van der Waals surface area contributed by atoms with Crippen molar-refractivity contribution in [2.24, 2.45) is 17.3 Å². The molecule has 0 amide bonds. The molecule has 2 unspecified atom stereocenters. The van der Waals surface area contributed by atoms with Gasteiger partial charge in [0, 0.05) is 0 Å². The van der Waals surface area contributed by atoms with Gasteiger partial charge in [0.2, 0.25) is 0 Å². The molecule has 0 bridgehead atoms. The Balaban J connectivity index is 2.24. The predicted molar refractivity (Wildman–Crippen MR) is 57.2 cm³/mol. The molecule has 1 aliphatic carbocycles. The second-order valence-corrected chi connectivity index (χ2v) is 5.09. The van der Waals surface area contributed by atoms with E-state index in [1.54, 1.807) is 0 Å². The number of carbonyl (C=O) groups is 1. The van der Waals surface area contributed by atoms with Gasteiger partial charge in [0.05, 0.1) is 5.92 Å². The SMILES string of the molecule is CCCCCCC1C(C(=O)O)C1(C)C. The van der Waals surface area contributed by atoms with Gasteiger partial charge in [-0.2, -0.15) is 0 Å². The normalized spacial score (nSPS) is 28.8. The summed E-state index contributed by atoms with van der Waals surface area (Å²) in [6.45, 7) is 6.35. The van der Waals surface area contributed by atoms with Gasteiger partial charge in [0.1, 0.15) is 0 Å². The van der Waals surface area contributed by atoms with E-state index in [-0.39, 0.29) is 11.3 Å². The highest BCUT2D eigenvalue weighted by Gasteiger charge is 2.61. The van der Waals surface area contributed by atoms with Gasteiger partial charge in [0.25, 0.3) is 0 Å². The van der Waals surface area contributed by atoms with Gasteiger partial charge in [-0.25, -0.2) is 0 Å². The fraction of sp³-hybridized carbons (Fsp3) is 0.917. The Bertz CT molecular complexity index is 208. The largest absolute Gasteiger partial charge is 0.481 e. The maximum absolute atomic E-state index is 10.9. The van der Waals surface area contributed by atoms with Crippen molar-refractivity contribution >= 4 is 5.97 Å². The van der Waals surface area contributed by atoms with Crippen LogP contribution in [0.1, 0.15) is 52.9 Å².